The molecule has 0 bridgehead atoms. The number of aliphatic imine (C=N–C) groups is 1. The number of unbranched alkanes of at least 4 members (excludes halogenated alkanes) is 1. The van der Waals surface area contributed by atoms with Crippen LogP contribution in [0.2, 0.25) is 0 Å². The maximum atomic E-state index is 13.1. The summed E-state index contributed by atoms with van der Waals surface area (Å²) in [6.45, 7) is 4.26. The molecule has 192 valence electrons. The molecule has 0 aliphatic carbocycles. The molecule has 1 N–H and O–H groups in total. The highest BCUT2D eigenvalue weighted by atomic mass is 32.2. The third kappa shape index (κ3) is 7.09. The number of nitrogens with one attached hydrogen (secondary N) is 1. The number of rotatable bonds is 9. The molecule has 0 spiro atoms. The average Bonchev–Trinajstić information content (AvgIpc) is 3.11. The first kappa shape index (κ1) is 27.3. The SMILES string of the molecule is CCCCN1C(=O)[C@@H](CC(=O)Nc2ccc(C(=O)OCC)cc2)SC1=Nc1cccc(C(F)(F)F)c1. The third-order valence-corrected chi connectivity index (χ3v) is 6.38. The highest BCUT2D eigenvalue weighted by Gasteiger charge is 2.39. The van der Waals surface area contributed by atoms with Gasteiger partial charge in [0, 0.05) is 18.7 Å². The fourth-order valence-corrected chi connectivity index (χ4v) is 4.58. The molecule has 0 saturated carbocycles. The maximum absolute atomic E-state index is 13.1. The maximum Gasteiger partial charge on any atom is 0.416 e. The standard InChI is InChI=1S/C25H26F3N3O4S/c1-3-5-13-31-22(33)20(36-24(31)30-19-8-6-7-17(14-19)25(26,27)28)15-21(32)29-18-11-9-16(10-12-18)23(34)35-4-2/h6-12,14,20H,3-5,13,15H2,1-2H3,(H,29,32)/t20-/m1/s1. The Morgan fingerprint density at radius 3 is 2.50 bits per heavy atom. The second-order valence-electron chi connectivity index (χ2n) is 7.94. The summed E-state index contributed by atoms with van der Waals surface area (Å²) in [6, 6.07) is 10.7. The van der Waals surface area contributed by atoms with Gasteiger partial charge in [0.2, 0.25) is 11.8 Å². The Morgan fingerprint density at radius 1 is 1.14 bits per heavy atom. The summed E-state index contributed by atoms with van der Waals surface area (Å²) in [7, 11) is 0. The molecule has 1 saturated heterocycles. The monoisotopic (exact) mass is 521 g/mol. The zero-order valence-electron chi connectivity index (χ0n) is 19.8. The Labute approximate surface area is 211 Å². The van der Waals surface area contributed by atoms with E-state index in [-0.39, 0.29) is 29.8 Å². The van der Waals surface area contributed by atoms with Crippen molar-refractivity contribution >= 4 is 46.1 Å². The predicted molar refractivity (Wildman–Crippen MR) is 132 cm³/mol. The van der Waals surface area contributed by atoms with E-state index in [4.69, 9.17) is 4.74 Å². The third-order valence-electron chi connectivity index (χ3n) is 5.20. The highest BCUT2D eigenvalue weighted by Crippen LogP contribution is 2.35. The first-order valence-electron chi connectivity index (χ1n) is 11.4. The van der Waals surface area contributed by atoms with Crippen molar-refractivity contribution in [2.45, 2.75) is 44.5 Å². The number of carbonyl (C=O) groups is 3. The molecule has 2 amide bonds. The number of thioether (sulfide) groups is 1. The highest BCUT2D eigenvalue weighted by molar-refractivity contribution is 8.15. The van der Waals surface area contributed by atoms with Gasteiger partial charge in [-0.2, -0.15) is 13.2 Å². The molecule has 0 unspecified atom stereocenters. The number of hydrogen-bond acceptors (Lipinski definition) is 6. The van der Waals surface area contributed by atoms with Crippen LogP contribution < -0.4 is 5.32 Å². The van der Waals surface area contributed by atoms with Crippen molar-refractivity contribution in [2.24, 2.45) is 4.99 Å². The Hall–Kier alpha value is -3.34. The number of esters is 1. The molecule has 1 heterocycles. The number of halogens is 3. The van der Waals surface area contributed by atoms with E-state index in [9.17, 15) is 27.6 Å². The summed E-state index contributed by atoms with van der Waals surface area (Å²) in [6.07, 6.45) is -3.17. The van der Waals surface area contributed by atoms with Crippen molar-refractivity contribution in [3.05, 3.63) is 59.7 Å². The van der Waals surface area contributed by atoms with E-state index in [0.717, 1.165) is 30.3 Å². The number of amides is 2. The van der Waals surface area contributed by atoms with E-state index < -0.39 is 28.9 Å². The molecular weight excluding hydrogens is 495 g/mol. The molecule has 0 aromatic heterocycles. The Morgan fingerprint density at radius 2 is 1.86 bits per heavy atom. The summed E-state index contributed by atoms with van der Waals surface area (Å²) >= 11 is 1.06. The smallest absolute Gasteiger partial charge is 0.416 e. The van der Waals surface area contributed by atoms with Gasteiger partial charge in [-0.3, -0.25) is 14.5 Å². The van der Waals surface area contributed by atoms with Crippen molar-refractivity contribution < 1.29 is 32.3 Å². The van der Waals surface area contributed by atoms with Crippen LogP contribution in [0.5, 0.6) is 0 Å². The molecule has 0 radical (unpaired) electrons. The summed E-state index contributed by atoms with van der Waals surface area (Å²) in [5.74, 6) is -1.20. The van der Waals surface area contributed by atoms with Crippen LogP contribution in [0.15, 0.2) is 53.5 Å². The lowest BCUT2D eigenvalue weighted by Crippen LogP contribution is -2.34. The first-order valence-corrected chi connectivity index (χ1v) is 12.3. The van der Waals surface area contributed by atoms with Crippen molar-refractivity contribution in [1.82, 2.24) is 4.90 Å². The summed E-state index contributed by atoms with van der Waals surface area (Å²) in [4.78, 5) is 43.1. The fourth-order valence-electron chi connectivity index (χ4n) is 3.39. The zero-order chi connectivity index (χ0) is 26.3. The van der Waals surface area contributed by atoms with Crippen LogP contribution in [0.3, 0.4) is 0 Å². The lowest BCUT2D eigenvalue weighted by Gasteiger charge is -2.16. The van der Waals surface area contributed by atoms with Gasteiger partial charge in [-0.1, -0.05) is 31.2 Å². The van der Waals surface area contributed by atoms with Crippen LogP contribution in [-0.2, 0) is 20.5 Å². The van der Waals surface area contributed by atoms with Gasteiger partial charge in [-0.25, -0.2) is 9.79 Å². The molecule has 3 rings (SSSR count). The summed E-state index contributed by atoms with van der Waals surface area (Å²) < 4.78 is 44.2. The van der Waals surface area contributed by atoms with Gasteiger partial charge in [-0.05, 0) is 55.8 Å². The normalized spacial score (nSPS) is 16.9. The van der Waals surface area contributed by atoms with Crippen molar-refractivity contribution in [1.29, 1.82) is 0 Å². The molecular formula is C25H26F3N3O4S. The molecule has 2 aromatic carbocycles. The zero-order valence-corrected chi connectivity index (χ0v) is 20.6. The van der Waals surface area contributed by atoms with E-state index in [1.165, 1.54) is 29.2 Å². The number of alkyl halides is 3. The van der Waals surface area contributed by atoms with Crippen LogP contribution in [0.4, 0.5) is 24.5 Å². The van der Waals surface area contributed by atoms with Crippen LogP contribution in [-0.4, -0.2) is 46.3 Å². The molecule has 11 heteroatoms. The molecule has 1 aliphatic heterocycles. The van der Waals surface area contributed by atoms with E-state index in [1.54, 1.807) is 19.1 Å². The van der Waals surface area contributed by atoms with Crippen LogP contribution in [0.1, 0.15) is 49.0 Å². The number of ether oxygens (including phenoxy) is 1. The van der Waals surface area contributed by atoms with Crippen molar-refractivity contribution in [3.8, 4) is 0 Å². The Balaban J connectivity index is 1.72. The Bertz CT molecular complexity index is 1140. The number of amidine groups is 1. The first-order chi connectivity index (χ1) is 17.1. The molecule has 1 atom stereocenters. The van der Waals surface area contributed by atoms with Crippen LogP contribution in [0, 0.1) is 0 Å². The van der Waals surface area contributed by atoms with Gasteiger partial charge in [-0.15, -0.1) is 0 Å². The van der Waals surface area contributed by atoms with Crippen molar-refractivity contribution in [2.75, 3.05) is 18.5 Å². The lowest BCUT2D eigenvalue weighted by atomic mass is 10.2. The number of nitrogens with zero attached hydrogens (tertiary/aromatic N) is 2. The van der Waals surface area contributed by atoms with E-state index in [1.807, 2.05) is 6.92 Å². The minimum Gasteiger partial charge on any atom is -0.462 e. The molecule has 7 nitrogen and oxygen atoms in total. The Kier molecular flexibility index (Phi) is 9.14. The van der Waals surface area contributed by atoms with E-state index in [2.05, 4.69) is 10.3 Å². The van der Waals surface area contributed by atoms with Gasteiger partial charge in [0.25, 0.3) is 0 Å². The van der Waals surface area contributed by atoms with Crippen molar-refractivity contribution in [3.63, 3.8) is 0 Å². The minimum atomic E-state index is -4.51. The summed E-state index contributed by atoms with van der Waals surface area (Å²) in [5, 5.41) is 2.20. The van der Waals surface area contributed by atoms with E-state index in [0.29, 0.717) is 24.2 Å². The second kappa shape index (κ2) is 12.1. The van der Waals surface area contributed by atoms with Gasteiger partial charge in [0.1, 0.15) is 5.25 Å². The summed E-state index contributed by atoms with van der Waals surface area (Å²) in [5.41, 5.74) is 0.0414. The van der Waals surface area contributed by atoms with Gasteiger partial charge in [0.15, 0.2) is 5.17 Å². The van der Waals surface area contributed by atoms with Crippen LogP contribution >= 0.6 is 11.8 Å². The second-order valence-corrected chi connectivity index (χ2v) is 9.11. The molecule has 2 aromatic rings. The van der Waals surface area contributed by atoms with Gasteiger partial charge >= 0.3 is 12.1 Å². The van der Waals surface area contributed by atoms with Gasteiger partial charge < -0.3 is 10.1 Å². The minimum absolute atomic E-state index is 0.0772. The van der Waals surface area contributed by atoms with Gasteiger partial charge in [0.05, 0.1) is 23.4 Å². The predicted octanol–water partition coefficient (Wildman–Crippen LogP) is 5.64. The fraction of sp³-hybridized carbons (Fsp3) is 0.360. The topological polar surface area (TPSA) is 88.1 Å². The number of carbonyl (C=O) groups excluding carboxylic acids is 3. The van der Waals surface area contributed by atoms with E-state index >= 15 is 0 Å². The molecule has 1 fully saturated rings. The number of anilines is 1. The number of hydrogen-bond donors (Lipinski definition) is 1. The molecule has 36 heavy (non-hydrogen) atoms. The molecule has 1 aliphatic rings. The largest absolute Gasteiger partial charge is 0.462 e. The van der Waals surface area contributed by atoms with Crippen LogP contribution in [0.25, 0.3) is 0 Å². The lowest BCUT2D eigenvalue weighted by molar-refractivity contribution is -0.137. The quantitative estimate of drug-likeness (QED) is 0.432. The average molecular weight is 522 g/mol. The number of benzene rings is 2.